The highest BCUT2D eigenvalue weighted by molar-refractivity contribution is 5.98. The fraction of sp³-hybridized carbons (Fsp3) is 0.429. The van der Waals surface area contributed by atoms with Crippen molar-refractivity contribution in [1.29, 1.82) is 5.26 Å². The molecular formula is C21H25N3O4. The van der Waals surface area contributed by atoms with Gasteiger partial charge in [0, 0.05) is 6.92 Å². The van der Waals surface area contributed by atoms with E-state index in [4.69, 9.17) is 4.74 Å². The number of hydrogen-bond acceptors (Lipinski definition) is 5. The van der Waals surface area contributed by atoms with E-state index in [2.05, 4.69) is 16.7 Å². The van der Waals surface area contributed by atoms with E-state index in [1.54, 1.807) is 24.3 Å². The van der Waals surface area contributed by atoms with Gasteiger partial charge in [-0.1, -0.05) is 49.6 Å². The van der Waals surface area contributed by atoms with Gasteiger partial charge < -0.3 is 15.4 Å². The van der Waals surface area contributed by atoms with Crippen LogP contribution in [0.2, 0.25) is 0 Å². The topological polar surface area (TPSA) is 108 Å². The summed E-state index contributed by atoms with van der Waals surface area (Å²) in [6.45, 7) is 2.72. The normalized spacial score (nSPS) is 17.0. The summed E-state index contributed by atoms with van der Waals surface area (Å²) in [5.74, 6) is -1.78. The summed E-state index contributed by atoms with van der Waals surface area (Å²) in [6.07, 6.45) is 4.32. The van der Waals surface area contributed by atoms with Gasteiger partial charge >= 0.3 is 5.97 Å². The zero-order valence-corrected chi connectivity index (χ0v) is 16.2. The number of carbonyl (C=O) groups excluding carboxylic acids is 3. The van der Waals surface area contributed by atoms with Crippen molar-refractivity contribution in [3.05, 3.63) is 41.6 Å². The van der Waals surface area contributed by atoms with Gasteiger partial charge in [-0.25, -0.2) is 4.79 Å². The lowest BCUT2D eigenvalue weighted by molar-refractivity contribution is -0.152. The number of nitrogens with zero attached hydrogens (tertiary/aromatic N) is 1. The highest BCUT2D eigenvalue weighted by atomic mass is 16.5. The quantitative estimate of drug-likeness (QED) is 0.579. The first-order chi connectivity index (χ1) is 13.3. The molecule has 1 aromatic rings. The summed E-state index contributed by atoms with van der Waals surface area (Å²) in [5.41, 5.74) is -0.270. The largest absolute Gasteiger partial charge is 0.448 e. The lowest BCUT2D eigenvalue weighted by atomic mass is 9.83. The van der Waals surface area contributed by atoms with E-state index in [-0.39, 0.29) is 5.70 Å². The average Bonchev–Trinajstić information content (AvgIpc) is 2.68. The zero-order valence-electron chi connectivity index (χ0n) is 16.2. The summed E-state index contributed by atoms with van der Waals surface area (Å²) in [6, 6.07) is 11.2. The highest BCUT2D eigenvalue weighted by Crippen LogP contribution is 2.27. The van der Waals surface area contributed by atoms with Gasteiger partial charge in [-0.2, -0.15) is 5.26 Å². The number of hydrogen-bond donors (Lipinski definition) is 2. The van der Waals surface area contributed by atoms with Crippen LogP contribution in [-0.4, -0.2) is 29.4 Å². The average molecular weight is 383 g/mol. The summed E-state index contributed by atoms with van der Waals surface area (Å²) >= 11 is 0. The Morgan fingerprint density at radius 1 is 1.18 bits per heavy atom. The van der Waals surface area contributed by atoms with Crippen molar-refractivity contribution < 1.29 is 19.1 Å². The third kappa shape index (κ3) is 5.95. The Bertz CT molecular complexity index is 790. The molecule has 28 heavy (non-hydrogen) atoms. The van der Waals surface area contributed by atoms with E-state index >= 15 is 0 Å². The van der Waals surface area contributed by atoms with Crippen LogP contribution in [0, 0.1) is 11.3 Å². The zero-order chi connectivity index (χ0) is 20.6. The predicted molar refractivity (Wildman–Crippen MR) is 103 cm³/mol. The minimum absolute atomic E-state index is 0.0639. The molecule has 1 aliphatic carbocycles. The highest BCUT2D eigenvalue weighted by Gasteiger charge is 2.35. The standard InChI is InChI=1S/C21H25N3O4/c1-15(19(26)24-21(14-22)11-7-4-8-12-21)28-20(27)18(23-16(2)25)13-17-9-5-3-6-10-17/h3,5-6,9-10,13,15H,4,7-8,11-12H2,1-2H3,(H,23,25)(H,24,26)/b18-13-/t15-/m0/s1. The minimum Gasteiger partial charge on any atom is -0.448 e. The molecule has 0 spiro atoms. The van der Waals surface area contributed by atoms with Crippen molar-refractivity contribution >= 4 is 23.9 Å². The first-order valence-corrected chi connectivity index (χ1v) is 9.34. The molecule has 0 aliphatic heterocycles. The maximum Gasteiger partial charge on any atom is 0.355 e. The van der Waals surface area contributed by atoms with Gasteiger partial charge in [-0.3, -0.25) is 9.59 Å². The molecule has 7 nitrogen and oxygen atoms in total. The van der Waals surface area contributed by atoms with Crippen molar-refractivity contribution in [1.82, 2.24) is 10.6 Å². The summed E-state index contributed by atoms with van der Waals surface area (Å²) < 4.78 is 5.24. The summed E-state index contributed by atoms with van der Waals surface area (Å²) in [5, 5.41) is 14.6. The van der Waals surface area contributed by atoms with Gasteiger partial charge in [0.05, 0.1) is 6.07 Å². The Labute approximate surface area is 164 Å². The van der Waals surface area contributed by atoms with Crippen molar-refractivity contribution in [2.45, 2.75) is 57.6 Å². The molecule has 0 aromatic heterocycles. The lowest BCUT2D eigenvalue weighted by Crippen LogP contribution is -2.52. The van der Waals surface area contributed by atoms with Crippen molar-refractivity contribution in [2.75, 3.05) is 0 Å². The lowest BCUT2D eigenvalue weighted by Gasteiger charge is -2.32. The Hall–Kier alpha value is -3.14. The molecule has 0 bridgehead atoms. The fourth-order valence-electron chi connectivity index (χ4n) is 3.09. The van der Waals surface area contributed by atoms with Crippen molar-refractivity contribution in [2.24, 2.45) is 0 Å². The van der Waals surface area contributed by atoms with Crippen LogP contribution >= 0.6 is 0 Å². The maximum atomic E-state index is 12.5. The molecule has 1 saturated carbocycles. The molecule has 1 aromatic carbocycles. The number of rotatable bonds is 6. The number of ether oxygens (including phenoxy) is 1. The second kappa shape index (κ2) is 9.70. The van der Waals surface area contributed by atoms with Crippen LogP contribution in [0.15, 0.2) is 36.0 Å². The van der Waals surface area contributed by atoms with E-state index in [0.29, 0.717) is 18.4 Å². The molecule has 2 N–H and O–H groups in total. The van der Waals surface area contributed by atoms with Gasteiger partial charge in [0.15, 0.2) is 6.10 Å². The van der Waals surface area contributed by atoms with E-state index < -0.39 is 29.4 Å². The third-order valence-corrected chi connectivity index (χ3v) is 4.58. The molecule has 2 amide bonds. The molecule has 7 heteroatoms. The van der Waals surface area contributed by atoms with E-state index in [1.165, 1.54) is 19.9 Å². The molecule has 1 aliphatic rings. The third-order valence-electron chi connectivity index (χ3n) is 4.58. The Morgan fingerprint density at radius 3 is 2.39 bits per heavy atom. The van der Waals surface area contributed by atoms with Gasteiger partial charge in [0.2, 0.25) is 5.91 Å². The van der Waals surface area contributed by atoms with E-state index in [9.17, 15) is 19.6 Å². The predicted octanol–water partition coefficient (Wildman–Crippen LogP) is 2.44. The van der Waals surface area contributed by atoms with Gasteiger partial charge in [0.25, 0.3) is 5.91 Å². The first kappa shape index (κ1) is 21.2. The Kier molecular flexibility index (Phi) is 7.33. The summed E-state index contributed by atoms with van der Waals surface area (Å²) in [4.78, 5) is 36.4. The monoisotopic (exact) mass is 383 g/mol. The number of carbonyl (C=O) groups is 3. The second-order valence-electron chi connectivity index (χ2n) is 6.94. The maximum absolute atomic E-state index is 12.5. The Morgan fingerprint density at radius 2 is 1.82 bits per heavy atom. The minimum atomic E-state index is -1.10. The van der Waals surface area contributed by atoms with E-state index in [1.807, 2.05) is 6.07 Å². The van der Waals surface area contributed by atoms with Crippen LogP contribution in [0.4, 0.5) is 0 Å². The smallest absolute Gasteiger partial charge is 0.355 e. The molecule has 0 unspecified atom stereocenters. The number of amides is 2. The molecule has 0 radical (unpaired) electrons. The van der Waals surface area contributed by atoms with Crippen molar-refractivity contribution in [3.8, 4) is 6.07 Å². The van der Waals surface area contributed by atoms with Gasteiger partial charge in [0.1, 0.15) is 11.2 Å². The van der Waals surface area contributed by atoms with Crippen LogP contribution in [0.5, 0.6) is 0 Å². The van der Waals surface area contributed by atoms with Crippen molar-refractivity contribution in [3.63, 3.8) is 0 Å². The molecule has 2 rings (SSSR count). The molecule has 148 valence electrons. The van der Waals surface area contributed by atoms with Crippen LogP contribution in [0.3, 0.4) is 0 Å². The number of nitriles is 1. The summed E-state index contributed by atoms with van der Waals surface area (Å²) in [7, 11) is 0. The van der Waals surface area contributed by atoms with Crippen LogP contribution in [0.1, 0.15) is 51.5 Å². The van der Waals surface area contributed by atoms with E-state index in [0.717, 1.165) is 19.3 Å². The molecule has 1 atom stereocenters. The molecule has 1 fully saturated rings. The number of nitrogens with one attached hydrogen (secondary N) is 2. The van der Waals surface area contributed by atoms with Gasteiger partial charge in [-0.05, 0) is 31.4 Å². The number of benzene rings is 1. The van der Waals surface area contributed by atoms with Crippen LogP contribution in [0.25, 0.3) is 6.08 Å². The van der Waals surface area contributed by atoms with Gasteiger partial charge in [-0.15, -0.1) is 0 Å². The molecular weight excluding hydrogens is 358 g/mol. The first-order valence-electron chi connectivity index (χ1n) is 9.34. The SMILES string of the molecule is CC(=O)N/C(=C\c1ccccc1)C(=O)O[C@@H](C)C(=O)NC1(C#N)CCCCC1. The molecule has 0 heterocycles. The number of esters is 1. The van der Waals surface area contributed by atoms with Crippen LogP contribution < -0.4 is 10.6 Å². The molecule has 0 saturated heterocycles. The van der Waals surface area contributed by atoms with Crippen LogP contribution in [-0.2, 0) is 19.1 Å². The Balaban J connectivity index is 2.07. The second-order valence-corrected chi connectivity index (χ2v) is 6.94. The fourth-order valence-corrected chi connectivity index (χ4v) is 3.09.